The number of benzene rings is 1. The summed E-state index contributed by atoms with van der Waals surface area (Å²) in [5.41, 5.74) is 4.37. The maximum Gasteiger partial charge on any atom is 0.164 e. The largest absolute Gasteiger partial charge is 0.376 e. The molecule has 0 radical (unpaired) electrons. The molecule has 19 heavy (non-hydrogen) atoms. The molecule has 0 aliphatic heterocycles. The first-order chi connectivity index (χ1) is 9.18. The molecule has 0 fully saturated rings. The van der Waals surface area contributed by atoms with E-state index in [1.807, 2.05) is 38.5 Å². The van der Waals surface area contributed by atoms with Crippen LogP contribution in [0.4, 0.5) is 5.69 Å². The van der Waals surface area contributed by atoms with Gasteiger partial charge in [0.15, 0.2) is 5.78 Å². The lowest BCUT2D eigenvalue weighted by Crippen LogP contribution is -2.15. The van der Waals surface area contributed by atoms with Gasteiger partial charge in [-0.25, -0.2) is 0 Å². The number of nitrogens with zero attached hydrogens (tertiary/aromatic N) is 2. The molecule has 3 nitrogen and oxygen atoms in total. The minimum atomic E-state index is 0.280. The molecule has 0 amide bonds. The minimum absolute atomic E-state index is 0.280. The molecule has 3 heteroatoms. The van der Waals surface area contributed by atoms with E-state index in [0.717, 1.165) is 29.8 Å². The summed E-state index contributed by atoms with van der Waals surface area (Å²) in [7, 11) is 4.08. The minimum Gasteiger partial charge on any atom is -0.376 e. The van der Waals surface area contributed by atoms with Gasteiger partial charge in [-0.05, 0) is 31.0 Å². The van der Waals surface area contributed by atoms with E-state index in [-0.39, 0.29) is 5.78 Å². The molecule has 1 aromatic carbocycles. The first-order valence-corrected chi connectivity index (χ1v) is 6.68. The van der Waals surface area contributed by atoms with Crippen molar-refractivity contribution in [3.05, 3.63) is 47.8 Å². The van der Waals surface area contributed by atoms with Crippen LogP contribution in [0.2, 0.25) is 0 Å². The number of ketones is 1. The molecule has 0 atom stereocenters. The molecule has 1 aromatic heterocycles. The first-order valence-electron chi connectivity index (χ1n) is 6.68. The highest BCUT2D eigenvalue weighted by Crippen LogP contribution is 2.29. The molecule has 0 spiro atoms. The molecule has 1 aliphatic rings. The average molecular weight is 254 g/mol. The van der Waals surface area contributed by atoms with Gasteiger partial charge >= 0.3 is 0 Å². The Kier molecular flexibility index (Phi) is 2.90. The summed E-state index contributed by atoms with van der Waals surface area (Å²) >= 11 is 0. The third kappa shape index (κ3) is 1.95. The van der Waals surface area contributed by atoms with E-state index >= 15 is 0 Å². The van der Waals surface area contributed by atoms with Crippen LogP contribution in [0.15, 0.2) is 36.5 Å². The van der Waals surface area contributed by atoms with Crippen LogP contribution >= 0.6 is 0 Å². The van der Waals surface area contributed by atoms with Crippen molar-refractivity contribution in [2.75, 3.05) is 19.0 Å². The predicted molar refractivity (Wildman–Crippen MR) is 77.4 cm³/mol. The van der Waals surface area contributed by atoms with Gasteiger partial charge in [0.05, 0.1) is 11.4 Å². The number of rotatable bonds is 2. The number of hydrogen-bond donors (Lipinski definition) is 0. The maximum absolute atomic E-state index is 11.9. The van der Waals surface area contributed by atoms with Crippen molar-refractivity contribution in [1.29, 1.82) is 0 Å². The summed E-state index contributed by atoms with van der Waals surface area (Å²) in [6.45, 7) is 0. The Morgan fingerprint density at radius 1 is 1.11 bits per heavy atom. The third-order valence-corrected chi connectivity index (χ3v) is 3.73. The van der Waals surface area contributed by atoms with Crippen molar-refractivity contribution in [3.63, 3.8) is 0 Å². The fourth-order valence-electron chi connectivity index (χ4n) is 2.80. The van der Waals surface area contributed by atoms with E-state index in [9.17, 15) is 4.79 Å². The molecule has 0 saturated heterocycles. The van der Waals surface area contributed by atoms with Crippen LogP contribution in [0.3, 0.4) is 0 Å². The van der Waals surface area contributed by atoms with Crippen LogP contribution in [0.5, 0.6) is 0 Å². The lowest BCUT2D eigenvalue weighted by Gasteiger charge is -2.21. The number of hydrogen-bond acceptors (Lipinski definition) is 2. The van der Waals surface area contributed by atoms with Gasteiger partial charge in [0, 0.05) is 38.0 Å². The molecule has 98 valence electrons. The van der Waals surface area contributed by atoms with E-state index in [1.54, 1.807) is 0 Å². The van der Waals surface area contributed by atoms with Crippen molar-refractivity contribution in [3.8, 4) is 5.69 Å². The molecule has 1 aliphatic carbocycles. The molecule has 0 unspecified atom stereocenters. The van der Waals surface area contributed by atoms with Gasteiger partial charge < -0.3 is 9.47 Å². The topological polar surface area (TPSA) is 25.2 Å². The van der Waals surface area contributed by atoms with Crippen molar-refractivity contribution in [2.45, 2.75) is 19.3 Å². The molecule has 2 aromatic rings. The number of para-hydroxylation sites is 2. The molecule has 0 bridgehead atoms. The summed E-state index contributed by atoms with van der Waals surface area (Å²) in [4.78, 5) is 14.0. The van der Waals surface area contributed by atoms with E-state index in [4.69, 9.17) is 0 Å². The Bertz CT molecular complexity index is 625. The molecule has 0 saturated carbocycles. The number of anilines is 1. The van der Waals surface area contributed by atoms with Crippen LogP contribution in [-0.2, 0) is 6.42 Å². The smallest absolute Gasteiger partial charge is 0.164 e. The average Bonchev–Trinajstić information content (AvgIpc) is 2.84. The highest BCUT2D eigenvalue weighted by atomic mass is 16.1. The molecule has 1 heterocycles. The van der Waals surface area contributed by atoms with Gasteiger partial charge in [0.2, 0.25) is 0 Å². The monoisotopic (exact) mass is 254 g/mol. The Hall–Kier alpha value is -2.03. The fourth-order valence-corrected chi connectivity index (χ4v) is 2.80. The predicted octanol–water partition coefficient (Wildman–Crippen LogP) is 3.06. The highest BCUT2D eigenvalue weighted by Gasteiger charge is 2.21. The van der Waals surface area contributed by atoms with Gasteiger partial charge in [-0.3, -0.25) is 4.79 Å². The van der Waals surface area contributed by atoms with Gasteiger partial charge in [-0.1, -0.05) is 12.1 Å². The maximum atomic E-state index is 11.9. The van der Waals surface area contributed by atoms with Gasteiger partial charge in [0.1, 0.15) is 0 Å². The summed E-state index contributed by atoms with van der Waals surface area (Å²) in [5, 5.41) is 0. The first kappa shape index (κ1) is 12.0. The summed E-state index contributed by atoms with van der Waals surface area (Å²) in [5.74, 6) is 0.280. The van der Waals surface area contributed by atoms with Crippen molar-refractivity contribution in [2.24, 2.45) is 0 Å². The number of Topliss-reactive ketones (excluding diaryl/α,β-unsaturated/α-hetero) is 1. The summed E-state index contributed by atoms with van der Waals surface area (Å²) < 4.78 is 2.17. The van der Waals surface area contributed by atoms with Crippen molar-refractivity contribution >= 4 is 11.5 Å². The normalized spacial score (nSPS) is 14.3. The number of carbonyl (C=O) groups excluding carboxylic acids is 1. The third-order valence-electron chi connectivity index (χ3n) is 3.73. The number of carbonyl (C=O) groups is 1. The summed E-state index contributed by atoms with van der Waals surface area (Å²) in [6, 6.07) is 10.3. The second-order valence-corrected chi connectivity index (χ2v) is 5.21. The zero-order chi connectivity index (χ0) is 13.4. The van der Waals surface area contributed by atoms with E-state index < -0.39 is 0 Å². The lowest BCUT2D eigenvalue weighted by atomic mass is 9.96. The quantitative estimate of drug-likeness (QED) is 0.823. The van der Waals surface area contributed by atoms with Gasteiger partial charge in [0.25, 0.3) is 0 Å². The zero-order valence-electron chi connectivity index (χ0n) is 11.4. The molecule has 3 rings (SSSR count). The standard InChI is InChI=1S/C16H18N2O/c1-17(2)14-6-3-4-7-15(14)18-11-10-12-13(18)8-5-9-16(12)19/h3-4,6-7,10-11H,5,8-9H2,1-2H3. The summed E-state index contributed by atoms with van der Waals surface area (Å²) in [6.07, 6.45) is 4.65. The Labute approximate surface area is 113 Å². The Balaban J connectivity index is 2.16. The molecule has 0 N–H and O–H groups in total. The SMILES string of the molecule is CN(C)c1ccccc1-n1ccc2c1CCCC2=O. The second-order valence-electron chi connectivity index (χ2n) is 5.21. The van der Waals surface area contributed by atoms with Gasteiger partial charge in [-0.15, -0.1) is 0 Å². The van der Waals surface area contributed by atoms with E-state index in [2.05, 4.69) is 21.6 Å². The molecular weight excluding hydrogens is 236 g/mol. The van der Waals surface area contributed by atoms with Crippen LogP contribution in [0.25, 0.3) is 5.69 Å². The van der Waals surface area contributed by atoms with Crippen LogP contribution in [-0.4, -0.2) is 24.4 Å². The van der Waals surface area contributed by atoms with Crippen molar-refractivity contribution < 1.29 is 4.79 Å². The van der Waals surface area contributed by atoms with E-state index in [1.165, 1.54) is 5.69 Å². The van der Waals surface area contributed by atoms with E-state index in [0.29, 0.717) is 6.42 Å². The highest BCUT2D eigenvalue weighted by molar-refractivity contribution is 5.98. The Morgan fingerprint density at radius 3 is 2.68 bits per heavy atom. The lowest BCUT2D eigenvalue weighted by molar-refractivity contribution is 0.0972. The fraction of sp³-hybridized carbons (Fsp3) is 0.312. The second kappa shape index (κ2) is 4.57. The van der Waals surface area contributed by atoms with Crippen molar-refractivity contribution in [1.82, 2.24) is 4.57 Å². The number of aromatic nitrogens is 1. The van der Waals surface area contributed by atoms with Gasteiger partial charge in [-0.2, -0.15) is 0 Å². The number of fused-ring (bicyclic) bond motifs is 1. The van der Waals surface area contributed by atoms with Crippen LogP contribution in [0.1, 0.15) is 28.9 Å². The Morgan fingerprint density at radius 2 is 1.89 bits per heavy atom. The zero-order valence-corrected chi connectivity index (χ0v) is 11.4. The van der Waals surface area contributed by atoms with Crippen LogP contribution < -0.4 is 4.90 Å². The molecular formula is C16H18N2O. The van der Waals surface area contributed by atoms with Crippen LogP contribution in [0, 0.1) is 0 Å².